The fourth-order valence-corrected chi connectivity index (χ4v) is 1.88. The Kier molecular flexibility index (Phi) is 7.21. The molecule has 0 amide bonds. The minimum Gasteiger partial charge on any atom is -0.456 e. The summed E-state index contributed by atoms with van der Waals surface area (Å²) in [6.45, 7) is 16.2. The number of nitrogens with one attached hydrogen (secondary N) is 2. The average molecular weight is 290 g/mol. The van der Waals surface area contributed by atoms with Crippen LogP contribution in [-0.4, -0.2) is 38.8 Å². The molecule has 0 spiro atoms. The van der Waals surface area contributed by atoms with E-state index >= 15 is 0 Å². The van der Waals surface area contributed by atoms with Crippen molar-refractivity contribution in [2.45, 2.75) is 71.8 Å². The summed E-state index contributed by atoms with van der Waals surface area (Å²) in [6.07, 6.45) is 0. The Morgan fingerprint density at radius 2 is 1.74 bits per heavy atom. The zero-order valence-electron chi connectivity index (χ0n) is 13.6. The lowest BCUT2D eigenvalue weighted by Crippen LogP contribution is -2.53. The first-order valence-electron chi connectivity index (χ1n) is 6.80. The number of ether oxygens (including phenoxy) is 1. The fraction of sp³-hybridized carbons (Fsp3) is 0.923. The average Bonchev–Trinajstić information content (AvgIpc) is 2.21. The molecule has 0 heterocycles. The zero-order chi connectivity index (χ0) is 15.3. The van der Waals surface area contributed by atoms with Gasteiger partial charge in [-0.15, -0.1) is 0 Å². The van der Waals surface area contributed by atoms with E-state index in [1.54, 1.807) is 6.92 Å². The molecule has 0 aliphatic heterocycles. The van der Waals surface area contributed by atoms with E-state index in [9.17, 15) is 4.79 Å². The van der Waals surface area contributed by atoms with Gasteiger partial charge in [-0.2, -0.15) is 0 Å². The van der Waals surface area contributed by atoms with Crippen LogP contribution < -0.4 is 10.9 Å². The molecule has 0 aromatic heterocycles. The predicted octanol–water partition coefficient (Wildman–Crippen LogP) is 1.59. The number of rotatable bonds is 7. The normalized spacial score (nSPS) is 14.6. The molecule has 2 N–H and O–H groups in total. The van der Waals surface area contributed by atoms with Crippen molar-refractivity contribution >= 4 is 15.0 Å². The van der Waals surface area contributed by atoms with E-state index in [1.165, 1.54) is 0 Å². The van der Waals surface area contributed by atoms with E-state index in [0.29, 0.717) is 6.61 Å². The number of hydrogen-bond acceptors (Lipinski definition) is 5. The topological polar surface area (TPSA) is 59.6 Å². The highest BCUT2D eigenvalue weighted by molar-refractivity contribution is 6.48. The standard InChI is InChI=1S/C13H30N2O3Si/c1-10(14-15-12(2,3)4)11(16)18-13(5,6)9-17-19(7)8/h10,14-15,19H,9H2,1-8H3. The summed E-state index contributed by atoms with van der Waals surface area (Å²) in [6, 6.07) is -0.408. The molecule has 1 unspecified atom stereocenters. The maximum atomic E-state index is 12.0. The number of esters is 1. The summed E-state index contributed by atoms with van der Waals surface area (Å²) in [5, 5.41) is 0. The van der Waals surface area contributed by atoms with Crippen LogP contribution in [0.3, 0.4) is 0 Å². The highest BCUT2D eigenvalue weighted by Crippen LogP contribution is 2.12. The van der Waals surface area contributed by atoms with Gasteiger partial charge in [-0.3, -0.25) is 10.2 Å². The Morgan fingerprint density at radius 1 is 1.21 bits per heavy atom. The van der Waals surface area contributed by atoms with Crippen LogP contribution in [0.4, 0.5) is 0 Å². The highest BCUT2D eigenvalue weighted by Gasteiger charge is 2.27. The van der Waals surface area contributed by atoms with E-state index < -0.39 is 20.7 Å². The second-order valence-electron chi connectivity index (χ2n) is 6.78. The molecule has 0 fully saturated rings. The quantitative estimate of drug-likeness (QED) is 0.424. The van der Waals surface area contributed by atoms with E-state index in [-0.39, 0.29) is 11.5 Å². The van der Waals surface area contributed by atoms with Crippen LogP contribution >= 0.6 is 0 Å². The first-order chi connectivity index (χ1) is 8.43. The second kappa shape index (κ2) is 7.38. The molecular formula is C13H30N2O3Si. The van der Waals surface area contributed by atoms with Crippen molar-refractivity contribution in [2.75, 3.05) is 6.61 Å². The van der Waals surface area contributed by atoms with Crippen LogP contribution in [0.1, 0.15) is 41.5 Å². The van der Waals surface area contributed by atoms with E-state index in [1.807, 2.05) is 34.6 Å². The van der Waals surface area contributed by atoms with Crippen molar-refractivity contribution in [3.8, 4) is 0 Å². The number of hydrogen-bond donors (Lipinski definition) is 2. The summed E-state index contributed by atoms with van der Waals surface area (Å²) >= 11 is 0. The van der Waals surface area contributed by atoms with Crippen LogP contribution in [0.25, 0.3) is 0 Å². The summed E-state index contributed by atoms with van der Waals surface area (Å²) in [4.78, 5) is 12.0. The lowest BCUT2D eigenvalue weighted by molar-refractivity contribution is -0.161. The Labute approximate surface area is 119 Å². The molecule has 0 aromatic carbocycles. The first kappa shape index (κ1) is 18.6. The van der Waals surface area contributed by atoms with Gasteiger partial charge >= 0.3 is 5.97 Å². The maximum absolute atomic E-state index is 12.0. The van der Waals surface area contributed by atoms with Gasteiger partial charge in [0.05, 0.1) is 6.61 Å². The first-order valence-corrected chi connectivity index (χ1v) is 9.58. The van der Waals surface area contributed by atoms with Gasteiger partial charge in [0.25, 0.3) is 0 Å². The molecule has 0 saturated carbocycles. The van der Waals surface area contributed by atoms with Crippen molar-refractivity contribution in [1.29, 1.82) is 0 Å². The van der Waals surface area contributed by atoms with Crippen LogP contribution in [0.2, 0.25) is 13.1 Å². The summed E-state index contributed by atoms with van der Waals surface area (Å²) in [5.74, 6) is -0.282. The lowest BCUT2D eigenvalue weighted by Gasteiger charge is -2.29. The molecule has 0 aromatic rings. The molecule has 6 heteroatoms. The molecule has 0 radical (unpaired) electrons. The lowest BCUT2D eigenvalue weighted by atomic mass is 10.1. The van der Waals surface area contributed by atoms with Crippen molar-refractivity contribution in [3.63, 3.8) is 0 Å². The number of hydrazine groups is 1. The van der Waals surface area contributed by atoms with Gasteiger partial charge in [0.2, 0.25) is 0 Å². The molecule has 114 valence electrons. The molecule has 5 nitrogen and oxygen atoms in total. The molecule has 0 aliphatic rings. The summed E-state index contributed by atoms with van der Waals surface area (Å²) in [5.41, 5.74) is 5.32. The number of carbonyl (C=O) groups is 1. The van der Waals surface area contributed by atoms with Gasteiger partial charge in [-0.25, -0.2) is 5.43 Å². The van der Waals surface area contributed by atoms with Gasteiger partial charge in [0.15, 0.2) is 9.04 Å². The monoisotopic (exact) mass is 290 g/mol. The molecule has 19 heavy (non-hydrogen) atoms. The second-order valence-corrected chi connectivity index (χ2v) is 9.21. The van der Waals surface area contributed by atoms with Crippen LogP contribution in [-0.2, 0) is 14.0 Å². The zero-order valence-corrected chi connectivity index (χ0v) is 14.7. The molecule has 1 atom stereocenters. The summed E-state index contributed by atoms with van der Waals surface area (Å²) < 4.78 is 11.1. The third kappa shape index (κ3) is 10.1. The maximum Gasteiger partial charge on any atom is 0.324 e. The van der Waals surface area contributed by atoms with Crippen LogP contribution in [0, 0.1) is 0 Å². The largest absolute Gasteiger partial charge is 0.456 e. The van der Waals surface area contributed by atoms with Gasteiger partial charge in [-0.1, -0.05) is 0 Å². The van der Waals surface area contributed by atoms with Gasteiger partial charge in [0.1, 0.15) is 11.6 Å². The third-order valence-electron chi connectivity index (χ3n) is 2.16. The van der Waals surface area contributed by atoms with Crippen molar-refractivity contribution in [3.05, 3.63) is 0 Å². The Bertz CT molecular complexity index is 288. The Hall–Kier alpha value is -0.433. The van der Waals surface area contributed by atoms with Crippen molar-refractivity contribution in [1.82, 2.24) is 10.9 Å². The van der Waals surface area contributed by atoms with E-state index in [2.05, 4.69) is 23.9 Å². The SMILES string of the molecule is CC(NNC(C)(C)C)C(=O)OC(C)(C)CO[SiH](C)C. The number of carbonyl (C=O) groups excluding carboxylic acids is 1. The predicted molar refractivity (Wildman–Crippen MR) is 80.5 cm³/mol. The molecule has 0 saturated heterocycles. The Morgan fingerprint density at radius 3 is 2.16 bits per heavy atom. The van der Waals surface area contributed by atoms with Crippen LogP contribution in [0.15, 0.2) is 0 Å². The highest BCUT2D eigenvalue weighted by atomic mass is 28.3. The van der Waals surface area contributed by atoms with Crippen molar-refractivity contribution < 1.29 is 14.0 Å². The van der Waals surface area contributed by atoms with Crippen LogP contribution in [0.5, 0.6) is 0 Å². The smallest absolute Gasteiger partial charge is 0.324 e. The molecular weight excluding hydrogens is 260 g/mol. The van der Waals surface area contributed by atoms with Gasteiger partial charge in [-0.05, 0) is 54.6 Å². The summed E-state index contributed by atoms with van der Waals surface area (Å²) in [7, 11) is -1.10. The molecule has 0 rings (SSSR count). The third-order valence-corrected chi connectivity index (χ3v) is 2.99. The minimum absolute atomic E-state index is 0.101. The van der Waals surface area contributed by atoms with Crippen molar-refractivity contribution in [2.24, 2.45) is 0 Å². The van der Waals surface area contributed by atoms with E-state index in [0.717, 1.165) is 0 Å². The van der Waals surface area contributed by atoms with Gasteiger partial charge < -0.3 is 9.16 Å². The van der Waals surface area contributed by atoms with E-state index in [4.69, 9.17) is 9.16 Å². The fourth-order valence-electron chi connectivity index (χ4n) is 1.14. The Balaban J connectivity index is 4.20. The minimum atomic E-state index is -1.10. The molecule has 0 aliphatic carbocycles. The molecule has 0 bridgehead atoms. The van der Waals surface area contributed by atoms with Gasteiger partial charge in [0, 0.05) is 5.54 Å².